The van der Waals surface area contributed by atoms with E-state index >= 15 is 0 Å². The van der Waals surface area contributed by atoms with Gasteiger partial charge in [0.05, 0.1) is 7.11 Å². The van der Waals surface area contributed by atoms with E-state index in [2.05, 4.69) is 30.9 Å². The number of ether oxygens (including phenoxy) is 2. The summed E-state index contributed by atoms with van der Waals surface area (Å²) in [6, 6.07) is 14.0. The summed E-state index contributed by atoms with van der Waals surface area (Å²) in [4.78, 5) is 14.7. The Balaban J connectivity index is 1.89. The second kappa shape index (κ2) is 8.87. The second-order valence-electron chi connectivity index (χ2n) is 6.87. The highest BCUT2D eigenvalue weighted by atomic mass is 16.5. The van der Waals surface area contributed by atoms with E-state index in [1.165, 1.54) is 5.56 Å². The Hall–Kier alpha value is -2.59. The molecule has 3 rings (SSSR count). The summed E-state index contributed by atoms with van der Waals surface area (Å²) in [6.07, 6.45) is 2.53. The van der Waals surface area contributed by atoms with Gasteiger partial charge in [0.1, 0.15) is 6.61 Å². The number of para-hydroxylation sites is 1. The van der Waals surface area contributed by atoms with Gasteiger partial charge in [0.15, 0.2) is 17.3 Å². The lowest BCUT2D eigenvalue weighted by Crippen LogP contribution is -2.35. The largest absolute Gasteiger partial charge is 0.493 e. The molecule has 1 fully saturated rings. The van der Waals surface area contributed by atoms with E-state index in [-0.39, 0.29) is 5.78 Å². The Morgan fingerprint density at radius 2 is 2.00 bits per heavy atom. The molecule has 0 aliphatic carbocycles. The monoisotopic (exact) mass is 365 g/mol. The standard InChI is InChI=1S/C23H27NO3/c1-4-24-12-11-21(25)20(15-24)14-19-9-6-10-22(26-3)23(19)27-16-18-8-5-7-17(2)13-18/h5-10,13-14H,4,11-12,15-16H2,1-3H3/b20-14+. The van der Waals surface area contributed by atoms with Crippen molar-refractivity contribution in [3.63, 3.8) is 0 Å². The Bertz CT molecular complexity index is 841. The number of aryl methyl sites for hydroxylation is 1. The Morgan fingerprint density at radius 3 is 2.74 bits per heavy atom. The fourth-order valence-electron chi connectivity index (χ4n) is 3.33. The average molecular weight is 365 g/mol. The first-order valence-electron chi connectivity index (χ1n) is 9.42. The summed E-state index contributed by atoms with van der Waals surface area (Å²) in [5.41, 5.74) is 4.01. The van der Waals surface area contributed by atoms with Crippen molar-refractivity contribution in [3.05, 3.63) is 64.7 Å². The number of piperidine rings is 1. The molecule has 4 heteroatoms. The van der Waals surface area contributed by atoms with Crippen molar-refractivity contribution in [1.82, 2.24) is 4.90 Å². The van der Waals surface area contributed by atoms with E-state index in [9.17, 15) is 4.79 Å². The zero-order valence-electron chi connectivity index (χ0n) is 16.3. The molecule has 0 N–H and O–H groups in total. The van der Waals surface area contributed by atoms with E-state index in [1.54, 1.807) is 7.11 Å². The Labute approximate surface area is 161 Å². The number of Topliss-reactive ketones (excluding diaryl/α,β-unsaturated/α-hetero) is 1. The summed E-state index contributed by atoms with van der Waals surface area (Å²) in [6.45, 7) is 7.10. The minimum atomic E-state index is 0.215. The van der Waals surface area contributed by atoms with E-state index in [0.717, 1.165) is 29.8 Å². The molecule has 0 bridgehead atoms. The summed E-state index contributed by atoms with van der Waals surface area (Å²) in [7, 11) is 1.64. The van der Waals surface area contributed by atoms with Crippen LogP contribution in [-0.4, -0.2) is 37.4 Å². The van der Waals surface area contributed by atoms with Crippen molar-refractivity contribution in [2.24, 2.45) is 0 Å². The number of benzene rings is 2. The maximum Gasteiger partial charge on any atom is 0.168 e. The van der Waals surface area contributed by atoms with Gasteiger partial charge in [0, 0.05) is 30.6 Å². The van der Waals surface area contributed by atoms with Crippen molar-refractivity contribution < 1.29 is 14.3 Å². The van der Waals surface area contributed by atoms with Crippen molar-refractivity contribution >= 4 is 11.9 Å². The van der Waals surface area contributed by atoms with Crippen LogP contribution in [0.25, 0.3) is 6.08 Å². The van der Waals surface area contributed by atoms with Gasteiger partial charge in [-0.25, -0.2) is 0 Å². The molecule has 0 amide bonds. The Kier molecular flexibility index (Phi) is 6.30. The second-order valence-corrected chi connectivity index (χ2v) is 6.87. The third-order valence-corrected chi connectivity index (χ3v) is 4.88. The SMILES string of the molecule is CCN1CCC(=O)/C(=C/c2cccc(OC)c2OCc2cccc(C)c2)C1. The third kappa shape index (κ3) is 4.77. The normalized spacial score (nSPS) is 16.6. The minimum absolute atomic E-state index is 0.215. The molecule has 27 heavy (non-hydrogen) atoms. The van der Waals surface area contributed by atoms with Gasteiger partial charge in [-0.2, -0.15) is 0 Å². The predicted molar refractivity (Wildman–Crippen MR) is 108 cm³/mol. The molecule has 2 aromatic rings. The number of rotatable bonds is 6. The molecule has 0 unspecified atom stereocenters. The van der Waals surface area contributed by atoms with E-state index < -0.39 is 0 Å². The van der Waals surface area contributed by atoms with Crippen molar-refractivity contribution in [1.29, 1.82) is 0 Å². The number of likely N-dealkylation sites (N-methyl/N-ethyl adjacent to an activating group) is 1. The fourth-order valence-corrected chi connectivity index (χ4v) is 3.33. The van der Waals surface area contributed by atoms with Gasteiger partial charge < -0.3 is 9.47 Å². The number of hydrogen-bond donors (Lipinski definition) is 0. The number of ketones is 1. The lowest BCUT2D eigenvalue weighted by atomic mass is 10.00. The molecular formula is C23H27NO3. The summed E-state index contributed by atoms with van der Waals surface area (Å²) >= 11 is 0. The highest BCUT2D eigenvalue weighted by Crippen LogP contribution is 2.34. The molecule has 0 aromatic heterocycles. The lowest BCUT2D eigenvalue weighted by Gasteiger charge is -2.26. The van der Waals surface area contributed by atoms with Crippen LogP contribution in [-0.2, 0) is 11.4 Å². The van der Waals surface area contributed by atoms with Crippen LogP contribution >= 0.6 is 0 Å². The molecule has 1 aliphatic heterocycles. The number of hydrogen-bond acceptors (Lipinski definition) is 4. The highest BCUT2D eigenvalue weighted by molar-refractivity contribution is 6.01. The molecule has 4 nitrogen and oxygen atoms in total. The molecular weight excluding hydrogens is 338 g/mol. The van der Waals surface area contributed by atoms with Gasteiger partial charge in [-0.1, -0.05) is 48.9 Å². The number of carbonyl (C=O) groups is 1. The molecule has 142 valence electrons. The van der Waals surface area contributed by atoms with Gasteiger partial charge in [0.2, 0.25) is 0 Å². The lowest BCUT2D eigenvalue weighted by molar-refractivity contribution is -0.117. The molecule has 1 aliphatic rings. The van der Waals surface area contributed by atoms with Crippen LogP contribution in [0, 0.1) is 6.92 Å². The number of carbonyl (C=O) groups excluding carboxylic acids is 1. The molecule has 1 heterocycles. The van der Waals surface area contributed by atoms with Gasteiger partial charge >= 0.3 is 0 Å². The zero-order chi connectivity index (χ0) is 19.2. The van der Waals surface area contributed by atoms with Gasteiger partial charge in [-0.15, -0.1) is 0 Å². The van der Waals surface area contributed by atoms with Gasteiger partial charge in [0.25, 0.3) is 0 Å². The van der Waals surface area contributed by atoms with Gasteiger partial charge in [-0.05, 0) is 31.2 Å². The number of methoxy groups -OCH3 is 1. The van der Waals surface area contributed by atoms with Crippen LogP contribution in [0.2, 0.25) is 0 Å². The molecule has 0 radical (unpaired) electrons. The highest BCUT2D eigenvalue weighted by Gasteiger charge is 2.21. The smallest absolute Gasteiger partial charge is 0.168 e. The van der Waals surface area contributed by atoms with E-state index in [1.807, 2.05) is 36.4 Å². The topological polar surface area (TPSA) is 38.8 Å². The summed E-state index contributed by atoms with van der Waals surface area (Å²) < 4.78 is 11.6. The van der Waals surface area contributed by atoms with Crippen molar-refractivity contribution in [2.45, 2.75) is 26.9 Å². The zero-order valence-corrected chi connectivity index (χ0v) is 16.3. The van der Waals surface area contributed by atoms with Gasteiger partial charge in [-0.3, -0.25) is 9.69 Å². The number of nitrogens with zero attached hydrogens (tertiary/aromatic N) is 1. The molecule has 0 spiro atoms. The van der Waals surface area contributed by atoms with E-state index in [4.69, 9.17) is 9.47 Å². The van der Waals surface area contributed by atoms with Crippen molar-refractivity contribution in [3.8, 4) is 11.5 Å². The maximum absolute atomic E-state index is 12.4. The maximum atomic E-state index is 12.4. The predicted octanol–water partition coefficient (Wildman–Crippen LogP) is 4.26. The quantitative estimate of drug-likeness (QED) is 0.717. The van der Waals surface area contributed by atoms with Crippen LogP contribution in [0.5, 0.6) is 11.5 Å². The first kappa shape index (κ1) is 19.2. The van der Waals surface area contributed by atoms with Crippen molar-refractivity contribution in [2.75, 3.05) is 26.7 Å². The third-order valence-electron chi connectivity index (χ3n) is 4.88. The first-order chi connectivity index (χ1) is 13.1. The molecule has 2 aromatic carbocycles. The number of likely N-dealkylation sites (tertiary alicyclic amines) is 1. The van der Waals surface area contributed by atoms with Crippen LogP contribution in [0.4, 0.5) is 0 Å². The summed E-state index contributed by atoms with van der Waals surface area (Å²) in [5.74, 6) is 1.56. The molecule has 1 saturated heterocycles. The molecule has 0 atom stereocenters. The van der Waals surface area contributed by atoms with Crippen LogP contribution in [0.3, 0.4) is 0 Å². The summed E-state index contributed by atoms with van der Waals surface area (Å²) in [5, 5.41) is 0. The first-order valence-corrected chi connectivity index (χ1v) is 9.42. The minimum Gasteiger partial charge on any atom is -0.493 e. The van der Waals surface area contributed by atoms with E-state index in [0.29, 0.717) is 31.1 Å². The Morgan fingerprint density at radius 1 is 1.19 bits per heavy atom. The fraction of sp³-hybridized carbons (Fsp3) is 0.348. The molecule has 0 saturated carbocycles. The average Bonchev–Trinajstić information content (AvgIpc) is 2.68. The van der Waals surface area contributed by atoms with Crippen LogP contribution in [0.15, 0.2) is 48.0 Å². The van der Waals surface area contributed by atoms with Crippen LogP contribution in [0.1, 0.15) is 30.0 Å². The van der Waals surface area contributed by atoms with Crippen LogP contribution < -0.4 is 9.47 Å².